The summed E-state index contributed by atoms with van der Waals surface area (Å²) in [7, 11) is 0. The van der Waals surface area contributed by atoms with Crippen molar-refractivity contribution in [3.05, 3.63) is 29.0 Å². The Morgan fingerprint density at radius 1 is 1.55 bits per heavy atom. The lowest BCUT2D eigenvalue weighted by atomic mass is 10.4. The third-order valence-electron chi connectivity index (χ3n) is 0.947. The zero-order valence-corrected chi connectivity index (χ0v) is 6.89. The molecule has 1 rings (SSSR count). The molecule has 0 atom stereocenters. The molecule has 11 heavy (non-hydrogen) atoms. The van der Waals surface area contributed by atoms with E-state index in [9.17, 15) is 4.79 Å². The van der Waals surface area contributed by atoms with Gasteiger partial charge < -0.3 is 5.11 Å². The molecule has 0 spiro atoms. The van der Waals surface area contributed by atoms with Crippen LogP contribution in [0.2, 0.25) is 5.02 Å². The van der Waals surface area contributed by atoms with Crippen molar-refractivity contribution < 1.29 is 9.90 Å². The first-order valence-electron chi connectivity index (χ1n) is 2.55. The largest absolute Gasteiger partial charge is 0.477 e. The van der Waals surface area contributed by atoms with Gasteiger partial charge in [0.05, 0.1) is 5.02 Å². The molecule has 60 valence electrons. The van der Waals surface area contributed by atoms with Gasteiger partial charge in [-0.25, -0.2) is 9.78 Å². The fourth-order valence-electron chi connectivity index (χ4n) is 0.502. The highest BCUT2D eigenvalue weighted by Gasteiger charge is 2.01. The summed E-state index contributed by atoms with van der Waals surface area (Å²) in [4.78, 5) is 13.8. The van der Waals surface area contributed by atoms with Crippen molar-refractivity contribution >= 4 is 30.0 Å². The van der Waals surface area contributed by atoms with Crippen LogP contribution in [0, 0.1) is 0 Å². The monoisotopic (exact) mass is 193 g/mol. The second kappa shape index (κ2) is 4.16. The van der Waals surface area contributed by atoms with Crippen LogP contribution in [0.1, 0.15) is 10.5 Å². The molecule has 0 amide bonds. The molecular weight excluding hydrogens is 189 g/mol. The first kappa shape index (κ1) is 10.2. The standard InChI is InChI=1S/C6H4ClNO2.ClH/c7-4-1-2-5(6(9)10)8-3-4;/h1-3H,(H,9,10);1H. The van der Waals surface area contributed by atoms with Crippen molar-refractivity contribution in [2.45, 2.75) is 0 Å². The van der Waals surface area contributed by atoms with Crippen molar-refractivity contribution in [2.75, 3.05) is 0 Å². The lowest BCUT2D eigenvalue weighted by Gasteiger charge is -1.90. The van der Waals surface area contributed by atoms with E-state index in [2.05, 4.69) is 4.98 Å². The molecular formula is C6H5Cl2NO2. The van der Waals surface area contributed by atoms with E-state index in [-0.39, 0.29) is 18.1 Å². The summed E-state index contributed by atoms with van der Waals surface area (Å²) in [6, 6.07) is 2.84. The highest BCUT2D eigenvalue weighted by atomic mass is 35.5. The summed E-state index contributed by atoms with van der Waals surface area (Å²) in [5.74, 6) is -1.04. The minimum Gasteiger partial charge on any atom is -0.477 e. The lowest BCUT2D eigenvalue weighted by Crippen LogP contribution is -1.98. The summed E-state index contributed by atoms with van der Waals surface area (Å²) in [6.07, 6.45) is 1.30. The Hall–Kier alpha value is -0.800. The SMILES string of the molecule is Cl.O=C(O)c1ccc(Cl)cn1. The van der Waals surface area contributed by atoms with Crippen LogP contribution in [0.5, 0.6) is 0 Å². The van der Waals surface area contributed by atoms with Gasteiger partial charge in [-0.05, 0) is 12.1 Å². The molecule has 1 N–H and O–H groups in total. The molecule has 5 heteroatoms. The molecule has 0 bridgehead atoms. The van der Waals surface area contributed by atoms with Gasteiger partial charge in [0, 0.05) is 6.20 Å². The van der Waals surface area contributed by atoms with Crippen molar-refractivity contribution in [2.24, 2.45) is 0 Å². The quantitative estimate of drug-likeness (QED) is 0.741. The highest BCUT2D eigenvalue weighted by molar-refractivity contribution is 6.30. The summed E-state index contributed by atoms with van der Waals surface area (Å²) in [5.41, 5.74) is 0.00407. The second-order valence-electron chi connectivity index (χ2n) is 1.67. The number of hydrogen-bond donors (Lipinski definition) is 1. The smallest absolute Gasteiger partial charge is 0.354 e. The van der Waals surface area contributed by atoms with Gasteiger partial charge >= 0.3 is 5.97 Å². The van der Waals surface area contributed by atoms with E-state index in [1.807, 2.05) is 0 Å². The number of nitrogens with zero attached hydrogens (tertiary/aromatic N) is 1. The van der Waals surface area contributed by atoms with Gasteiger partial charge in [-0.2, -0.15) is 0 Å². The molecule has 0 saturated heterocycles. The maximum absolute atomic E-state index is 10.2. The topological polar surface area (TPSA) is 50.2 Å². The number of carboxylic acid groups (broad SMARTS) is 1. The Kier molecular flexibility index (Phi) is 3.85. The first-order chi connectivity index (χ1) is 4.70. The molecule has 0 saturated carbocycles. The molecule has 1 heterocycles. The predicted octanol–water partition coefficient (Wildman–Crippen LogP) is 1.85. The Labute approximate surface area is 74.4 Å². The number of carbonyl (C=O) groups is 1. The van der Waals surface area contributed by atoms with Crippen LogP contribution >= 0.6 is 24.0 Å². The molecule has 1 aromatic rings. The minimum atomic E-state index is -1.04. The van der Waals surface area contributed by atoms with E-state index in [4.69, 9.17) is 16.7 Å². The van der Waals surface area contributed by atoms with E-state index in [0.717, 1.165) is 0 Å². The molecule has 0 fully saturated rings. The summed E-state index contributed by atoms with van der Waals surface area (Å²) in [5, 5.41) is 8.81. The van der Waals surface area contributed by atoms with Crippen LogP contribution < -0.4 is 0 Å². The third-order valence-corrected chi connectivity index (χ3v) is 1.17. The number of aromatic nitrogens is 1. The number of halogens is 2. The van der Waals surface area contributed by atoms with Crippen LogP contribution in [0.15, 0.2) is 18.3 Å². The molecule has 0 unspecified atom stereocenters. The average Bonchev–Trinajstić information content (AvgIpc) is 1.88. The van der Waals surface area contributed by atoms with Gasteiger partial charge in [-0.15, -0.1) is 12.4 Å². The van der Waals surface area contributed by atoms with E-state index in [1.54, 1.807) is 0 Å². The second-order valence-corrected chi connectivity index (χ2v) is 2.10. The van der Waals surface area contributed by atoms with Crippen molar-refractivity contribution in [3.63, 3.8) is 0 Å². The van der Waals surface area contributed by atoms with Crippen molar-refractivity contribution in [1.82, 2.24) is 4.98 Å². The van der Waals surface area contributed by atoms with Crippen LogP contribution in [0.4, 0.5) is 0 Å². The Morgan fingerprint density at radius 2 is 2.18 bits per heavy atom. The summed E-state index contributed by atoms with van der Waals surface area (Å²) < 4.78 is 0. The van der Waals surface area contributed by atoms with E-state index in [1.165, 1.54) is 18.3 Å². The molecule has 0 aromatic carbocycles. The molecule has 0 aliphatic rings. The van der Waals surface area contributed by atoms with Crippen LogP contribution in [0.25, 0.3) is 0 Å². The summed E-state index contributed by atoms with van der Waals surface area (Å²) in [6.45, 7) is 0. The Morgan fingerprint density at radius 3 is 2.55 bits per heavy atom. The van der Waals surface area contributed by atoms with Gasteiger partial charge in [0.2, 0.25) is 0 Å². The predicted molar refractivity (Wildman–Crippen MR) is 43.5 cm³/mol. The van der Waals surface area contributed by atoms with Crippen LogP contribution in [-0.2, 0) is 0 Å². The minimum absolute atomic E-state index is 0. The zero-order chi connectivity index (χ0) is 7.56. The number of carboxylic acids is 1. The first-order valence-corrected chi connectivity index (χ1v) is 2.93. The number of hydrogen-bond acceptors (Lipinski definition) is 2. The van der Waals surface area contributed by atoms with Crippen LogP contribution in [-0.4, -0.2) is 16.1 Å². The van der Waals surface area contributed by atoms with Gasteiger partial charge in [-0.3, -0.25) is 0 Å². The lowest BCUT2D eigenvalue weighted by molar-refractivity contribution is 0.0690. The highest BCUT2D eigenvalue weighted by Crippen LogP contribution is 2.05. The summed E-state index contributed by atoms with van der Waals surface area (Å²) >= 11 is 5.46. The number of aromatic carboxylic acids is 1. The van der Waals surface area contributed by atoms with Gasteiger partial charge in [0.25, 0.3) is 0 Å². The molecule has 0 aliphatic heterocycles. The van der Waals surface area contributed by atoms with E-state index in [0.29, 0.717) is 5.02 Å². The molecule has 3 nitrogen and oxygen atoms in total. The molecule has 1 aromatic heterocycles. The van der Waals surface area contributed by atoms with Gasteiger partial charge in [0.15, 0.2) is 0 Å². The van der Waals surface area contributed by atoms with Crippen molar-refractivity contribution in [3.8, 4) is 0 Å². The fraction of sp³-hybridized carbons (Fsp3) is 0. The van der Waals surface area contributed by atoms with Crippen molar-refractivity contribution in [1.29, 1.82) is 0 Å². The van der Waals surface area contributed by atoms with E-state index >= 15 is 0 Å². The number of rotatable bonds is 1. The Balaban J connectivity index is 0.000001000. The average molecular weight is 194 g/mol. The van der Waals surface area contributed by atoms with Crippen LogP contribution in [0.3, 0.4) is 0 Å². The maximum Gasteiger partial charge on any atom is 0.354 e. The third kappa shape index (κ3) is 2.74. The molecule has 0 aliphatic carbocycles. The Bertz CT molecular complexity index is 247. The number of pyridine rings is 1. The fourth-order valence-corrected chi connectivity index (χ4v) is 0.614. The molecule has 0 radical (unpaired) electrons. The van der Waals surface area contributed by atoms with E-state index < -0.39 is 5.97 Å². The van der Waals surface area contributed by atoms with Gasteiger partial charge in [0.1, 0.15) is 5.69 Å². The normalized spacial score (nSPS) is 8.45. The maximum atomic E-state index is 10.2. The van der Waals surface area contributed by atoms with Gasteiger partial charge in [-0.1, -0.05) is 11.6 Å². The zero-order valence-electron chi connectivity index (χ0n) is 5.32.